The number of amides is 2. The number of hydrogen-bond donors (Lipinski definition) is 3. The maximum absolute atomic E-state index is 12.8. The van der Waals surface area contributed by atoms with E-state index in [0.29, 0.717) is 23.2 Å². The van der Waals surface area contributed by atoms with Gasteiger partial charge in [-0.1, -0.05) is 17.3 Å². The van der Waals surface area contributed by atoms with Crippen LogP contribution in [0.5, 0.6) is 5.75 Å². The Morgan fingerprint density at radius 1 is 1.35 bits per heavy atom. The number of halogens is 2. The largest absolute Gasteiger partial charge is 0.435 e. The minimum absolute atomic E-state index is 0.106. The molecule has 0 spiro atoms. The number of likely N-dealkylation sites (tertiary alicyclic amines) is 1. The van der Waals surface area contributed by atoms with E-state index in [1.165, 1.54) is 36.4 Å². The van der Waals surface area contributed by atoms with Gasteiger partial charge in [0.25, 0.3) is 5.91 Å². The molecular formula is C22H25F2N5O5. The summed E-state index contributed by atoms with van der Waals surface area (Å²) in [5, 5.41) is 16.8. The van der Waals surface area contributed by atoms with Gasteiger partial charge in [0.2, 0.25) is 5.91 Å². The van der Waals surface area contributed by atoms with Crippen molar-refractivity contribution in [1.82, 2.24) is 15.2 Å². The molecule has 0 saturated carbocycles. The van der Waals surface area contributed by atoms with Gasteiger partial charge >= 0.3 is 6.61 Å². The summed E-state index contributed by atoms with van der Waals surface area (Å²) < 4.78 is 29.4. The second-order valence-corrected chi connectivity index (χ2v) is 7.63. The maximum atomic E-state index is 12.8. The Hall–Kier alpha value is -3.80. The average Bonchev–Trinajstić information content (AvgIpc) is 2.76. The molecule has 1 saturated heterocycles. The normalized spacial score (nSPS) is 16.6. The predicted molar refractivity (Wildman–Crippen MR) is 117 cm³/mol. The zero-order valence-corrected chi connectivity index (χ0v) is 18.6. The highest BCUT2D eigenvalue weighted by atomic mass is 19.3. The number of carbonyl (C=O) groups is 2. The van der Waals surface area contributed by atoms with Crippen LogP contribution in [-0.2, 0) is 21.0 Å². The van der Waals surface area contributed by atoms with Gasteiger partial charge < -0.3 is 30.6 Å². The van der Waals surface area contributed by atoms with Gasteiger partial charge in [-0.15, -0.1) is 0 Å². The van der Waals surface area contributed by atoms with Crippen molar-refractivity contribution in [3.8, 4) is 5.75 Å². The number of amidine groups is 1. The summed E-state index contributed by atoms with van der Waals surface area (Å²) in [6.45, 7) is -0.956. The van der Waals surface area contributed by atoms with Crippen LogP contribution in [0.1, 0.15) is 34.9 Å². The lowest BCUT2D eigenvalue weighted by Gasteiger charge is -2.40. The minimum Gasteiger partial charge on any atom is -0.435 e. The smallest absolute Gasteiger partial charge is 0.387 e. The fraction of sp³-hybridized carbons (Fsp3) is 0.364. The van der Waals surface area contributed by atoms with Crippen molar-refractivity contribution in [1.29, 1.82) is 0 Å². The molecule has 3 rings (SSSR count). The molecule has 1 fully saturated rings. The molecule has 0 radical (unpaired) electrons. The second-order valence-electron chi connectivity index (χ2n) is 7.63. The van der Waals surface area contributed by atoms with Crippen molar-refractivity contribution >= 4 is 17.6 Å². The first-order chi connectivity index (χ1) is 16.2. The van der Waals surface area contributed by atoms with Crippen LogP contribution in [0.3, 0.4) is 0 Å². The number of hydrogen-bond acceptors (Lipinski definition) is 7. The Morgan fingerprint density at radius 2 is 2.12 bits per heavy atom. The number of nitrogens with two attached hydrogens (primary N) is 1. The van der Waals surface area contributed by atoms with Crippen LogP contribution in [-0.4, -0.2) is 58.9 Å². The molecule has 0 bridgehead atoms. The van der Waals surface area contributed by atoms with E-state index in [9.17, 15) is 23.5 Å². The van der Waals surface area contributed by atoms with E-state index in [0.717, 1.165) is 0 Å². The third-order valence-electron chi connectivity index (χ3n) is 5.20. The van der Waals surface area contributed by atoms with Crippen molar-refractivity contribution < 1.29 is 33.1 Å². The first kappa shape index (κ1) is 24.8. The quantitative estimate of drug-likeness (QED) is 0.280. The summed E-state index contributed by atoms with van der Waals surface area (Å²) in [6, 6.07) is 6.63. The summed E-state index contributed by atoms with van der Waals surface area (Å²) in [7, 11) is 1.37. The number of alkyl halides is 2. The van der Waals surface area contributed by atoms with Crippen molar-refractivity contribution in [2.75, 3.05) is 13.7 Å². The highest BCUT2D eigenvalue weighted by molar-refractivity contribution is 5.95. The number of aryl methyl sites for hydroxylation is 1. The SMILES string of the molecule is CO/N=C(\N)c1ccc(CNC(=O)[C@@H]2CCN2C(=O)C(O)c2cc(C)cc(OC(F)F)c2)cn1. The Kier molecular flexibility index (Phi) is 7.95. The van der Waals surface area contributed by atoms with E-state index in [1.54, 1.807) is 19.1 Å². The van der Waals surface area contributed by atoms with E-state index in [-0.39, 0.29) is 36.1 Å². The zero-order chi connectivity index (χ0) is 24.8. The van der Waals surface area contributed by atoms with Crippen LogP contribution >= 0.6 is 0 Å². The number of oxime groups is 1. The lowest BCUT2D eigenvalue weighted by Crippen LogP contribution is -2.59. The summed E-state index contributed by atoms with van der Waals surface area (Å²) in [6.07, 6.45) is 0.336. The lowest BCUT2D eigenvalue weighted by molar-refractivity contribution is -0.154. The third-order valence-corrected chi connectivity index (χ3v) is 5.20. The molecule has 1 unspecified atom stereocenters. The van der Waals surface area contributed by atoms with Gasteiger partial charge in [0, 0.05) is 19.3 Å². The van der Waals surface area contributed by atoms with E-state index >= 15 is 0 Å². The molecule has 182 valence electrons. The molecule has 1 aliphatic heterocycles. The molecule has 2 amide bonds. The molecule has 12 heteroatoms. The number of benzene rings is 1. The molecule has 1 aromatic carbocycles. The topological polar surface area (TPSA) is 139 Å². The van der Waals surface area contributed by atoms with Crippen LogP contribution < -0.4 is 15.8 Å². The lowest BCUT2D eigenvalue weighted by atomic mass is 9.98. The summed E-state index contributed by atoms with van der Waals surface area (Å²) >= 11 is 0. The Morgan fingerprint density at radius 3 is 2.71 bits per heavy atom. The van der Waals surface area contributed by atoms with Crippen molar-refractivity contribution in [2.24, 2.45) is 10.9 Å². The molecule has 10 nitrogen and oxygen atoms in total. The van der Waals surface area contributed by atoms with E-state index in [4.69, 9.17) is 5.73 Å². The second kappa shape index (κ2) is 10.9. The summed E-state index contributed by atoms with van der Waals surface area (Å²) in [4.78, 5) is 35.4. The molecule has 0 aliphatic carbocycles. The van der Waals surface area contributed by atoms with Crippen molar-refractivity contribution in [3.63, 3.8) is 0 Å². The first-order valence-electron chi connectivity index (χ1n) is 10.3. The van der Waals surface area contributed by atoms with Gasteiger partial charge in [0.05, 0.1) is 0 Å². The van der Waals surface area contributed by atoms with Crippen LogP contribution in [0, 0.1) is 6.92 Å². The highest BCUT2D eigenvalue weighted by Gasteiger charge is 2.40. The fourth-order valence-corrected chi connectivity index (χ4v) is 3.46. The van der Waals surface area contributed by atoms with Crippen molar-refractivity contribution in [3.05, 3.63) is 58.9 Å². The zero-order valence-electron chi connectivity index (χ0n) is 18.6. The minimum atomic E-state index is -3.03. The summed E-state index contributed by atoms with van der Waals surface area (Å²) in [5.41, 5.74) is 7.44. The average molecular weight is 477 g/mol. The molecule has 2 heterocycles. The standard InChI is InChI=1S/C22H25F2N5O5/c1-12-7-14(9-15(8-12)34-22(23)24)18(30)21(32)29-6-5-17(29)20(31)27-11-13-3-4-16(26-10-13)19(25)28-33-2/h3-4,7-10,17-18,22,30H,5-6,11H2,1-2H3,(H2,25,28)(H,27,31)/t17-,18?/m0/s1. The van der Waals surface area contributed by atoms with E-state index in [2.05, 4.69) is 25.0 Å². The number of ether oxygens (including phenoxy) is 1. The third kappa shape index (κ3) is 5.95. The van der Waals surface area contributed by atoms with E-state index in [1.807, 2.05) is 0 Å². The molecule has 34 heavy (non-hydrogen) atoms. The molecule has 2 aromatic rings. The Bertz CT molecular complexity index is 1060. The van der Waals surface area contributed by atoms with Gasteiger partial charge in [0.1, 0.15) is 24.6 Å². The van der Waals surface area contributed by atoms with Gasteiger partial charge in [-0.2, -0.15) is 8.78 Å². The van der Waals surface area contributed by atoms with Crippen molar-refractivity contribution in [2.45, 2.75) is 38.6 Å². The molecule has 2 atom stereocenters. The van der Waals surface area contributed by atoms with E-state index < -0.39 is 24.7 Å². The number of aromatic nitrogens is 1. The Balaban J connectivity index is 1.59. The van der Waals surface area contributed by atoms with Crippen LogP contribution in [0.2, 0.25) is 0 Å². The van der Waals surface area contributed by atoms with Gasteiger partial charge in [-0.3, -0.25) is 14.6 Å². The number of rotatable bonds is 9. The monoisotopic (exact) mass is 477 g/mol. The van der Waals surface area contributed by atoms with Crippen LogP contribution in [0.4, 0.5) is 8.78 Å². The maximum Gasteiger partial charge on any atom is 0.387 e. The molecule has 1 aromatic heterocycles. The van der Waals surface area contributed by atoms with Gasteiger partial charge in [-0.25, -0.2) is 0 Å². The molecule has 1 aliphatic rings. The number of pyridine rings is 1. The van der Waals surface area contributed by atoms with Crippen LogP contribution in [0.25, 0.3) is 0 Å². The van der Waals surface area contributed by atoms with Gasteiger partial charge in [0.15, 0.2) is 11.9 Å². The number of aliphatic hydroxyl groups excluding tert-OH is 1. The Labute approximate surface area is 194 Å². The summed E-state index contributed by atoms with van der Waals surface area (Å²) in [5.74, 6) is -1.13. The van der Waals surface area contributed by atoms with Crippen LogP contribution in [0.15, 0.2) is 41.7 Å². The van der Waals surface area contributed by atoms with Gasteiger partial charge in [-0.05, 0) is 48.2 Å². The first-order valence-corrected chi connectivity index (χ1v) is 10.3. The predicted octanol–water partition coefficient (Wildman–Crippen LogP) is 1.21. The number of aliphatic hydroxyl groups is 1. The number of carbonyl (C=O) groups excluding carboxylic acids is 2. The number of nitrogens with one attached hydrogen (secondary N) is 1. The molecular weight excluding hydrogens is 452 g/mol. The fourth-order valence-electron chi connectivity index (χ4n) is 3.46. The highest BCUT2D eigenvalue weighted by Crippen LogP contribution is 2.28. The molecule has 4 N–H and O–H groups in total. The number of nitrogens with zero attached hydrogens (tertiary/aromatic N) is 3.